The SMILES string of the molecule is CS(=O)(O)=[OH+]. The third-order valence-corrected chi connectivity index (χ3v) is 0. The number of hydrogen-bond donors (Lipinski definition) is 1. The van der Waals surface area contributed by atoms with Crippen molar-refractivity contribution in [2.75, 3.05) is 6.26 Å². The summed E-state index contributed by atoms with van der Waals surface area (Å²) in [5, 5.41) is 0. The highest BCUT2D eigenvalue weighted by molar-refractivity contribution is 7.85. The van der Waals surface area contributed by atoms with Crippen molar-refractivity contribution < 1.29 is 13.0 Å². The first-order valence-corrected chi connectivity index (χ1v) is 2.82. The third-order valence-electron chi connectivity index (χ3n) is 0. The Morgan fingerprint density at radius 1 is 2.00 bits per heavy atom. The molecule has 4 heteroatoms. The van der Waals surface area contributed by atoms with Crippen molar-refractivity contribution in [3.05, 3.63) is 0 Å². The molecule has 0 aliphatic carbocycles. The molecule has 0 fully saturated rings. The van der Waals surface area contributed by atoms with E-state index in [-0.39, 0.29) is 0 Å². The van der Waals surface area contributed by atoms with Gasteiger partial charge in [-0.2, -0.15) is 4.21 Å². The number of rotatable bonds is 0. The molecular formula is CH5O3S+. The van der Waals surface area contributed by atoms with Gasteiger partial charge in [0, 0.05) is 0 Å². The van der Waals surface area contributed by atoms with Crippen LogP contribution in [0.3, 0.4) is 0 Å². The molecule has 0 saturated carbocycles. The molecule has 0 aromatic heterocycles. The highest BCUT2D eigenvalue weighted by Crippen LogP contribution is 1.60. The molecule has 0 aromatic carbocycles. The van der Waals surface area contributed by atoms with E-state index >= 15 is 0 Å². The van der Waals surface area contributed by atoms with Gasteiger partial charge in [0.25, 0.3) is 0 Å². The Bertz CT molecular complexity index is 90.1. The largest absolute Gasteiger partial charge is 0.399 e. The first kappa shape index (κ1) is 4.91. The highest BCUT2D eigenvalue weighted by Gasteiger charge is 1.90. The molecule has 0 aliphatic heterocycles. The second-order valence-electron chi connectivity index (χ2n) is 0.763. The Labute approximate surface area is 30.4 Å². The van der Waals surface area contributed by atoms with Crippen LogP contribution in [0.1, 0.15) is 0 Å². The fourth-order valence-corrected chi connectivity index (χ4v) is 0. The zero-order valence-electron chi connectivity index (χ0n) is 2.71. The molecule has 0 aliphatic rings. The lowest BCUT2D eigenvalue weighted by atomic mass is 12.0. The van der Waals surface area contributed by atoms with Crippen LogP contribution in [0.2, 0.25) is 0 Å². The summed E-state index contributed by atoms with van der Waals surface area (Å²) in [5.41, 5.74) is 0. The van der Waals surface area contributed by atoms with Gasteiger partial charge in [0.1, 0.15) is 6.26 Å². The molecule has 1 atom stereocenters. The third kappa shape index (κ3) is 1760. The summed E-state index contributed by atoms with van der Waals surface area (Å²) in [6.07, 6.45) is 0.826. The lowest BCUT2D eigenvalue weighted by Gasteiger charge is -1.61. The Balaban J connectivity index is 4.06. The van der Waals surface area contributed by atoms with Gasteiger partial charge in [-0.1, -0.05) is 0 Å². The van der Waals surface area contributed by atoms with Crippen LogP contribution in [0.25, 0.3) is 0 Å². The summed E-state index contributed by atoms with van der Waals surface area (Å²) in [7, 11) is -3.42. The fraction of sp³-hybridized carbons (Fsp3) is 1.00. The smallest absolute Gasteiger partial charge is 0.246 e. The van der Waals surface area contributed by atoms with Crippen molar-refractivity contribution in [3.63, 3.8) is 0 Å². The minimum Gasteiger partial charge on any atom is -0.246 e. The second kappa shape index (κ2) is 0.948. The van der Waals surface area contributed by atoms with Crippen molar-refractivity contribution >= 4 is 10.1 Å². The maximum atomic E-state index is 9.30. The minimum absolute atomic E-state index is 0.826. The standard InChI is InChI=1S/CH4O3S/c1-5(2,3)4/h1H3,(H,2,3,4)/p+1. The lowest BCUT2D eigenvalue weighted by Crippen LogP contribution is -1.87. The number of hydrogen-bond acceptors (Lipinski definition) is 1. The molecule has 5 heavy (non-hydrogen) atoms. The van der Waals surface area contributed by atoms with E-state index in [2.05, 4.69) is 0 Å². The van der Waals surface area contributed by atoms with Crippen LogP contribution in [-0.2, 0) is 10.1 Å². The van der Waals surface area contributed by atoms with Gasteiger partial charge in [0.2, 0.25) is 0 Å². The van der Waals surface area contributed by atoms with E-state index in [1.807, 2.05) is 0 Å². The second-order valence-corrected chi connectivity index (χ2v) is 2.29. The molecule has 0 radical (unpaired) electrons. The molecule has 3 nitrogen and oxygen atoms in total. The Kier molecular flexibility index (Phi) is 0.931. The van der Waals surface area contributed by atoms with E-state index in [1.54, 1.807) is 0 Å². The predicted octanol–water partition coefficient (Wildman–Crippen LogP) is -0.339. The first-order chi connectivity index (χ1) is 2.00. The van der Waals surface area contributed by atoms with E-state index < -0.39 is 10.1 Å². The van der Waals surface area contributed by atoms with Gasteiger partial charge in [-0.3, -0.25) is 0 Å². The average Bonchev–Trinajstić information content (AvgIpc) is 0.722. The van der Waals surface area contributed by atoms with E-state index in [0.29, 0.717) is 0 Å². The maximum absolute atomic E-state index is 9.30. The predicted molar refractivity (Wildman–Crippen MR) is 18.6 cm³/mol. The molecule has 32 valence electrons. The van der Waals surface area contributed by atoms with Gasteiger partial charge >= 0.3 is 10.1 Å². The van der Waals surface area contributed by atoms with Gasteiger partial charge in [0.05, 0.1) is 0 Å². The van der Waals surface area contributed by atoms with Crippen molar-refractivity contribution in [2.24, 2.45) is 0 Å². The molecular weight excluding hydrogens is 92.1 g/mol. The summed E-state index contributed by atoms with van der Waals surface area (Å²) in [5.74, 6) is 0. The highest BCUT2D eigenvalue weighted by atomic mass is 32.2. The Morgan fingerprint density at radius 3 is 2.00 bits per heavy atom. The Morgan fingerprint density at radius 2 is 2.00 bits per heavy atom. The molecule has 0 heterocycles. The molecule has 0 aromatic rings. The molecule has 1 unspecified atom stereocenters. The first-order valence-electron chi connectivity index (χ1n) is 0.940. The van der Waals surface area contributed by atoms with Crippen LogP contribution in [0.5, 0.6) is 0 Å². The van der Waals surface area contributed by atoms with Gasteiger partial charge in [0.15, 0.2) is 0 Å². The monoisotopic (exact) mass is 97.0 g/mol. The van der Waals surface area contributed by atoms with Crippen molar-refractivity contribution in [2.45, 2.75) is 0 Å². The zero-order chi connectivity index (χ0) is 4.50. The van der Waals surface area contributed by atoms with Crippen LogP contribution in [0.4, 0.5) is 0 Å². The lowest BCUT2D eigenvalue weighted by molar-refractivity contribution is 0.502. The molecule has 2 N–H and O–H groups in total. The summed E-state index contributed by atoms with van der Waals surface area (Å²) < 4.78 is 24.5. The van der Waals surface area contributed by atoms with E-state index in [4.69, 9.17) is 8.76 Å². The van der Waals surface area contributed by atoms with E-state index in [1.165, 1.54) is 0 Å². The summed E-state index contributed by atoms with van der Waals surface area (Å²) in [6, 6.07) is 0. The van der Waals surface area contributed by atoms with E-state index in [9.17, 15) is 4.21 Å². The molecule has 0 amide bonds. The normalized spacial score (nSPS) is 21.2. The Hall–Kier alpha value is -0.0900. The minimum atomic E-state index is -3.42. The van der Waals surface area contributed by atoms with Crippen molar-refractivity contribution in [1.29, 1.82) is 0 Å². The summed E-state index contributed by atoms with van der Waals surface area (Å²) in [4.78, 5) is 0. The zero-order valence-corrected chi connectivity index (χ0v) is 3.53. The van der Waals surface area contributed by atoms with Crippen LogP contribution in [-0.4, -0.2) is 19.2 Å². The van der Waals surface area contributed by atoms with Gasteiger partial charge < -0.3 is 0 Å². The molecule has 0 bridgehead atoms. The van der Waals surface area contributed by atoms with Crippen LogP contribution in [0.15, 0.2) is 0 Å². The van der Waals surface area contributed by atoms with Gasteiger partial charge in [-0.05, 0) is 0 Å². The fourth-order valence-electron chi connectivity index (χ4n) is 0. The average molecular weight is 97.1 g/mol. The molecule has 0 saturated heterocycles. The summed E-state index contributed by atoms with van der Waals surface area (Å²) in [6.45, 7) is 0. The van der Waals surface area contributed by atoms with E-state index in [0.717, 1.165) is 6.26 Å². The van der Waals surface area contributed by atoms with Crippen molar-refractivity contribution in [1.82, 2.24) is 0 Å². The molecule has 0 spiro atoms. The van der Waals surface area contributed by atoms with Crippen LogP contribution < -0.4 is 0 Å². The topological polar surface area (TPSA) is 58.7 Å². The molecule has 0 rings (SSSR count). The van der Waals surface area contributed by atoms with Crippen molar-refractivity contribution in [3.8, 4) is 0 Å². The maximum Gasteiger partial charge on any atom is 0.399 e. The quantitative estimate of drug-likeness (QED) is 0.332. The van der Waals surface area contributed by atoms with Crippen LogP contribution >= 0.6 is 0 Å². The van der Waals surface area contributed by atoms with Gasteiger partial charge in [-0.15, -0.1) is 0 Å². The summed E-state index contributed by atoms with van der Waals surface area (Å²) >= 11 is 0. The van der Waals surface area contributed by atoms with Gasteiger partial charge in [-0.25, -0.2) is 8.76 Å². The van der Waals surface area contributed by atoms with Crippen LogP contribution in [0, 0.1) is 0 Å².